The van der Waals surface area contributed by atoms with Crippen molar-refractivity contribution in [3.8, 4) is 11.5 Å². The van der Waals surface area contributed by atoms with Crippen molar-refractivity contribution in [2.75, 3.05) is 6.54 Å². The molecular weight excluding hydrogens is 248 g/mol. The predicted molar refractivity (Wildman–Crippen MR) is 68.5 cm³/mol. The zero-order valence-corrected chi connectivity index (χ0v) is 10.5. The molecule has 2 N–H and O–H groups in total. The normalized spacial score (nSPS) is 10.6. The number of non-ortho nitro benzene ring substituents is 1. The second kappa shape index (κ2) is 5.57. The van der Waals surface area contributed by atoms with E-state index >= 15 is 0 Å². The van der Waals surface area contributed by atoms with Crippen LogP contribution in [-0.2, 0) is 6.42 Å². The molecule has 0 aliphatic heterocycles. The number of hydrogen-bond donors (Lipinski definition) is 1. The molecule has 0 aliphatic carbocycles. The Kier molecular flexibility index (Phi) is 3.86. The Bertz CT molecular complexity index is 594. The van der Waals surface area contributed by atoms with Gasteiger partial charge >= 0.3 is 0 Å². The number of nitro groups is 1. The fraction of sp³-hybridized carbons (Fsp3) is 0.333. The Morgan fingerprint density at radius 1 is 1.42 bits per heavy atom. The van der Waals surface area contributed by atoms with Crippen molar-refractivity contribution in [2.24, 2.45) is 5.73 Å². The monoisotopic (exact) mass is 262 g/mol. The highest BCUT2D eigenvalue weighted by Gasteiger charge is 2.14. The van der Waals surface area contributed by atoms with Crippen LogP contribution in [0.15, 0.2) is 22.7 Å². The Hall–Kier alpha value is -2.28. The van der Waals surface area contributed by atoms with Gasteiger partial charge in [0.15, 0.2) is 5.82 Å². The number of aryl methyl sites for hydroxylation is 2. The van der Waals surface area contributed by atoms with E-state index in [1.165, 1.54) is 12.1 Å². The largest absolute Gasteiger partial charge is 0.334 e. The number of nitrogens with zero attached hydrogens (tertiary/aromatic N) is 3. The Morgan fingerprint density at radius 3 is 2.89 bits per heavy atom. The van der Waals surface area contributed by atoms with Gasteiger partial charge in [0.25, 0.3) is 11.6 Å². The molecule has 2 aromatic rings. The minimum Gasteiger partial charge on any atom is -0.334 e. The maximum Gasteiger partial charge on any atom is 0.270 e. The maximum absolute atomic E-state index is 10.8. The van der Waals surface area contributed by atoms with E-state index in [0.717, 1.165) is 12.0 Å². The molecule has 2 rings (SSSR count). The number of benzene rings is 1. The first kappa shape index (κ1) is 13.2. The van der Waals surface area contributed by atoms with Gasteiger partial charge in [-0.05, 0) is 31.5 Å². The summed E-state index contributed by atoms with van der Waals surface area (Å²) < 4.78 is 5.11. The van der Waals surface area contributed by atoms with Crippen LogP contribution in [-0.4, -0.2) is 21.6 Å². The summed E-state index contributed by atoms with van der Waals surface area (Å²) >= 11 is 0. The second-order valence-corrected chi connectivity index (χ2v) is 4.22. The predicted octanol–water partition coefficient (Wildman–Crippen LogP) is 1.84. The molecule has 0 fully saturated rings. The van der Waals surface area contributed by atoms with Crippen molar-refractivity contribution < 1.29 is 9.45 Å². The lowest BCUT2D eigenvalue weighted by atomic mass is 10.1. The highest BCUT2D eigenvalue weighted by atomic mass is 16.6. The first-order valence-corrected chi connectivity index (χ1v) is 5.89. The summed E-state index contributed by atoms with van der Waals surface area (Å²) in [5.74, 6) is 0.850. The van der Waals surface area contributed by atoms with Gasteiger partial charge in [0.1, 0.15) is 0 Å². The molecule has 7 nitrogen and oxygen atoms in total. The lowest BCUT2D eigenvalue weighted by molar-refractivity contribution is -0.384. The molecule has 0 saturated carbocycles. The van der Waals surface area contributed by atoms with Crippen LogP contribution in [0.25, 0.3) is 11.5 Å². The van der Waals surface area contributed by atoms with Crippen molar-refractivity contribution in [1.29, 1.82) is 0 Å². The fourth-order valence-corrected chi connectivity index (χ4v) is 1.72. The van der Waals surface area contributed by atoms with Crippen molar-refractivity contribution in [3.63, 3.8) is 0 Å². The molecule has 0 saturated heterocycles. The smallest absolute Gasteiger partial charge is 0.270 e. The van der Waals surface area contributed by atoms with Gasteiger partial charge in [-0.3, -0.25) is 10.1 Å². The third kappa shape index (κ3) is 3.14. The highest BCUT2D eigenvalue weighted by Crippen LogP contribution is 2.24. The Balaban J connectivity index is 2.30. The topological polar surface area (TPSA) is 108 Å². The lowest BCUT2D eigenvalue weighted by Crippen LogP contribution is -2.01. The van der Waals surface area contributed by atoms with E-state index in [9.17, 15) is 10.1 Å². The quantitative estimate of drug-likeness (QED) is 0.650. The van der Waals surface area contributed by atoms with E-state index in [4.69, 9.17) is 10.3 Å². The number of nitrogens with two attached hydrogens (primary N) is 1. The molecule has 1 heterocycles. The third-order valence-electron chi connectivity index (χ3n) is 2.59. The minimum atomic E-state index is -0.442. The van der Waals surface area contributed by atoms with Crippen molar-refractivity contribution >= 4 is 5.69 Å². The molecule has 0 spiro atoms. The summed E-state index contributed by atoms with van der Waals surface area (Å²) in [4.78, 5) is 14.6. The van der Waals surface area contributed by atoms with Gasteiger partial charge in [0, 0.05) is 24.1 Å². The van der Waals surface area contributed by atoms with Gasteiger partial charge in [-0.25, -0.2) is 0 Å². The molecule has 0 radical (unpaired) electrons. The van der Waals surface area contributed by atoms with E-state index in [1.807, 2.05) is 0 Å². The minimum absolute atomic E-state index is 0.0108. The van der Waals surface area contributed by atoms with Crippen molar-refractivity contribution in [1.82, 2.24) is 10.1 Å². The van der Waals surface area contributed by atoms with Crippen LogP contribution in [0.2, 0.25) is 0 Å². The van der Waals surface area contributed by atoms with Gasteiger partial charge in [-0.15, -0.1) is 0 Å². The third-order valence-corrected chi connectivity index (χ3v) is 2.59. The SMILES string of the molecule is Cc1cc(-c2nc(CCCN)no2)cc([N+](=O)[O-])c1. The number of aromatic nitrogens is 2. The molecular formula is C12H14N4O3. The summed E-state index contributed by atoms with van der Waals surface area (Å²) in [6.45, 7) is 2.34. The van der Waals surface area contributed by atoms with Gasteiger partial charge in [-0.2, -0.15) is 4.98 Å². The molecule has 7 heteroatoms. The van der Waals surface area contributed by atoms with E-state index < -0.39 is 4.92 Å². The lowest BCUT2D eigenvalue weighted by Gasteiger charge is -1.98. The van der Waals surface area contributed by atoms with E-state index in [-0.39, 0.29) is 5.69 Å². The molecule has 0 amide bonds. The van der Waals surface area contributed by atoms with E-state index in [0.29, 0.717) is 30.2 Å². The number of hydrogen-bond acceptors (Lipinski definition) is 6. The molecule has 1 aromatic carbocycles. The number of rotatable bonds is 5. The van der Waals surface area contributed by atoms with Gasteiger partial charge in [0.2, 0.25) is 0 Å². The first-order chi connectivity index (χ1) is 9.10. The zero-order valence-electron chi connectivity index (χ0n) is 10.5. The van der Waals surface area contributed by atoms with Gasteiger partial charge in [0.05, 0.1) is 4.92 Å². The maximum atomic E-state index is 10.8. The molecule has 1 aromatic heterocycles. The van der Waals surface area contributed by atoms with Crippen LogP contribution >= 0.6 is 0 Å². The van der Waals surface area contributed by atoms with E-state index in [1.54, 1.807) is 13.0 Å². The zero-order chi connectivity index (χ0) is 13.8. The molecule has 0 unspecified atom stereocenters. The van der Waals surface area contributed by atoms with Crippen LogP contribution in [0.4, 0.5) is 5.69 Å². The summed E-state index contributed by atoms with van der Waals surface area (Å²) in [7, 11) is 0. The van der Waals surface area contributed by atoms with Crippen LogP contribution in [0.5, 0.6) is 0 Å². The standard InChI is InChI=1S/C12H14N4O3/c1-8-5-9(7-10(6-8)16(17)18)12-14-11(15-19-12)3-2-4-13/h5-7H,2-4,13H2,1H3. The summed E-state index contributed by atoms with van der Waals surface area (Å²) in [6, 6.07) is 4.69. The van der Waals surface area contributed by atoms with E-state index in [2.05, 4.69) is 10.1 Å². The van der Waals surface area contributed by atoms with Crippen molar-refractivity contribution in [2.45, 2.75) is 19.8 Å². The average Bonchev–Trinajstić information content (AvgIpc) is 2.84. The van der Waals surface area contributed by atoms with Crippen LogP contribution in [0.3, 0.4) is 0 Å². The van der Waals surface area contributed by atoms with Gasteiger partial charge in [-0.1, -0.05) is 5.16 Å². The van der Waals surface area contributed by atoms with Crippen LogP contribution in [0, 0.1) is 17.0 Å². The molecule has 0 bridgehead atoms. The molecule has 0 atom stereocenters. The highest BCUT2D eigenvalue weighted by molar-refractivity contribution is 5.59. The summed E-state index contributed by atoms with van der Waals surface area (Å²) in [5.41, 5.74) is 6.74. The molecule has 19 heavy (non-hydrogen) atoms. The van der Waals surface area contributed by atoms with Crippen LogP contribution < -0.4 is 5.73 Å². The number of nitro benzene ring substituents is 1. The summed E-state index contributed by atoms with van der Waals surface area (Å²) in [5, 5.41) is 14.6. The first-order valence-electron chi connectivity index (χ1n) is 5.89. The van der Waals surface area contributed by atoms with Crippen molar-refractivity contribution in [3.05, 3.63) is 39.7 Å². The Labute approximate surface area is 109 Å². The Morgan fingerprint density at radius 2 is 2.21 bits per heavy atom. The second-order valence-electron chi connectivity index (χ2n) is 4.22. The van der Waals surface area contributed by atoms with Gasteiger partial charge < -0.3 is 10.3 Å². The average molecular weight is 262 g/mol. The van der Waals surface area contributed by atoms with Crippen LogP contribution in [0.1, 0.15) is 17.8 Å². The fourth-order valence-electron chi connectivity index (χ4n) is 1.72. The summed E-state index contributed by atoms with van der Waals surface area (Å²) in [6.07, 6.45) is 1.40. The molecule has 100 valence electrons. The molecule has 0 aliphatic rings.